The van der Waals surface area contributed by atoms with Gasteiger partial charge >= 0.3 is 0 Å². The van der Waals surface area contributed by atoms with Gasteiger partial charge in [0.05, 0.1) is 29.5 Å². The van der Waals surface area contributed by atoms with Crippen LogP contribution < -0.4 is 14.8 Å². The van der Waals surface area contributed by atoms with E-state index in [0.29, 0.717) is 13.2 Å². The summed E-state index contributed by atoms with van der Waals surface area (Å²) < 4.78 is 13.8. The van der Waals surface area contributed by atoms with Gasteiger partial charge in [-0.3, -0.25) is 10.1 Å². The monoisotopic (exact) mass is 394 g/mol. The third-order valence-electron chi connectivity index (χ3n) is 5.14. The summed E-state index contributed by atoms with van der Waals surface area (Å²) in [5.41, 5.74) is 4.46. The average molecular weight is 394 g/mol. The number of nitrogens with two attached hydrogens (primary N) is 1. The van der Waals surface area contributed by atoms with Gasteiger partial charge in [-0.2, -0.15) is 0 Å². The molecule has 2 aromatic carbocycles. The van der Waals surface area contributed by atoms with Crippen molar-refractivity contribution in [2.45, 2.75) is 26.4 Å². The zero-order valence-electron chi connectivity index (χ0n) is 16.5. The number of hydrogen-bond acceptors (Lipinski definition) is 4. The molecule has 0 saturated heterocycles. The van der Waals surface area contributed by atoms with Gasteiger partial charge in [-0.15, -0.1) is 0 Å². The predicted octanol–water partition coefficient (Wildman–Crippen LogP) is 3.35. The lowest BCUT2D eigenvalue weighted by Gasteiger charge is -2.16. The van der Waals surface area contributed by atoms with Gasteiger partial charge < -0.3 is 19.4 Å². The van der Waals surface area contributed by atoms with E-state index in [2.05, 4.69) is 22.0 Å². The first-order valence-corrected chi connectivity index (χ1v) is 9.80. The smallest absolute Gasteiger partial charge is 0.269 e. The van der Waals surface area contributed by atoms with Crippen molar-refractivity contribution in [1.82, 2.24) is 4.57 Å². The fraction of sp³-hybridized carbons (Fsp3) is 0.273. The zero-order valence-corrected chi connectivity index (χ0v) is 16.5. The SMILES string of the molecule is CCOc1cc2c(cc1OCC)-n1cccc1[C@H](c1ccc([N+](=O)[O-])cc1)[NH2+]C2. The van der Waals surface area contributed by atoms with E-state index in [4.69, 9.17) is 9.47 Å². The van der Waals surface area contributed by atoms with Crippen LogP contribution in [0.3, 0.4) is 0 Å². The number of fused-ring (bicyclic) bond motifs is 3. The van der Waals surface area contributed by atoms with Gasteiger partial charge in [0.1, 0.15) is 6.54 Å². The lowest BCUT2D eigenvalue weighted by Crippen LogP contribution is -2.83. The van der Waals surface area contributed by atoms with Gasteiger partial charge in [0, 0.05) is 35.5 Å². The van der Waals surface area contributed by atoms with Crippen molar-refractivity contribution in [3.05, 3.63) is 81.7 Å². The number of aromatic nitrogens is 1. The highest BCUT2D eigenvalue weighted by Crippen LogP contribution is 2.36. The first kappa shape index (κ1) is 19.0. The molecule has 0 bridgehead atoms. The standard InChI is InChI=1S/C22H23N3O4/c1-3-28-20-12-16-14-23-22(15-7-9-17(10-8-15)25(26)27)18-6-5-11-24(18)19(16)13-21(20)29-4-2/h5-13,22-23H,3-4,14H2,1-2H3/p+1/t22-/m0/s1. The summed E-state index contributed by atoms with van der Waals surface area (Å²) in [6.07, 6.45) is 2.04. The minimum Gasteiger partial charge on any atom is -0.490 e. The van der Waals surface area contributed by atoms with E-state index in [1.807, 2.05) is 44.3 Å². The number of benzene rings is 2. The number of hydrogen-bond donors (Lipinski definition) is 1. The number of quaternary nitrogens is 1. The zero-order chi connectivity index (χ0) is 20.4. The summed E-state index contributed by atoms with van der Waals surface area (Å²) in [6.45, 7) is 5.81. The maximum Gasteiger partial charge on any atom is 0.269 e. The Morgan fingerprint density at radius 1 is 1.10 bits per heavy atom. The molecule has 0 unspecified atom stereocenters. The minimum absolute atomic E-state index is 0.0318. The highest BCUT2D eigenvalue weighted by molar-refractivity contribution is 5.56. The van der Waals surface area contributed by atoms with Gasteiger partial charge in [0.25, 0.3) is 5.69 Å². The summed E-state index contributed by atoms with van der Waals surface area (Å²) >= 11 is 0. The van der Waals surface area contributed by atoms with E-state index in [1.165, 1.54) is 0 Å². The Labute approximate surface area is 169 Å². The molecule has 0 saturated carbocycles. The van der Waals surface area contributed by atoms with Crippen molar-refractivity contribution < 1.29 is 19.7 Å². The van der Waals surface area contributed by atoms with Crippen molar-refractivity contribution in [3.63, 3.8) is 0 Å². The van der Waals surface area contributed by atoms with E-state index in [9.17, 15) is 10.1 Å². The molecule has 0 spiro atoms. The second-order valence-electron chi connectivity index (χ2n) is 6.86. The number of ether oxygens (including phenoxy) is 2. The third-order valence-corrected chi connectivity index (χ3v) is 5.14. The number of nitro benzene ring substituents is 1. The van der Waals surface area contributed by atoms with Gasteiger partial charge in [-0.05, 0) is 44.2 Å². The summed E-state index contributed by atoms with van der Waals surface area (Å²) in [6, 6.07) is 15.0. The van der Waals surface area contributed by atoms with E-state index in [1.54, 1.807) is 12.1 Å². The first-order valence-electron chi connectivity index (χ1n) is 9.80. The van der Waals surface area contributed by atoms with Crippen LogP contribution in [0.15, 0.2) is 54.7 Å². The molecule has 4 rings (SSSR count). The molecule has 1 aliphatic rings. The molecule has 0 fully saturated rings. The Balaban J connectivity index is 1.77. The molecule has 7 nitrogen and oxygen atoms in total. The van der Waals surface area contributed by atoms with Crippen LogP contribution in [-0.4, -0.2) is 22.7 Å². The van der Waals surface area contributed by atoms with Crippen molar-refractivity contribution in [3.8, 4) is 17.2 Å². The summed E-state index contributed by atoms with van der Waals surface area (Å²) in [7, 11) is 0. The molecule has 7 heteroatoms. The Bertz CT molecular complexity index is 1030. The Morgan fingerprint density at radius 3 is 2.45 bits per heavy atom. The molecule has 0 radical (unpaired) electrons. The molecule has 1 aromatic heterocycles. The average Bonchev–Trinajstić information content (AvgIpc) is 3.14. The molecular formula is C22H24N3O4+. The van der Waals surface area contributed by atoms with Gasteiger partial charge in [-0.25, -0.2) is 0 Å². The molecule has 29 heavy (non-hydrogen) atoms. The predicted molar refractivity (Wildman–Crippen MR) is 109 cm³/mol. The van der Waals surface area contributed by atoms with Gasteiger partial charge in [0.15, 0.2) is 17.5 Å². The van der Waals surface area contributed by atoms with Gasteiger partial charge in [0.2, 0.25) is 0 Å². The topological polar surface area (TPSA) is 83.1 Å². The van der Waals surface area contributed by atoms with Crippen molar-refractivity contribution >= 4 is 5.69 Å². The van der Waals surface area contributed by atoms with Crippen molar-refractivity contribution in [1.29, 1.82) is 0 Å². The molecule has 2 heterocycles. The molecule has 1 atom stereocenters. The Kier molecular flexibility index (Phi) is 5.22. The van der Waals surface area contributed by atoms with E-state index < -0.39 is 0 Å². The van der Waals surface area contributed by atoms with E-state index in [-0.39, 0.29) is 16.7 Å². The molecule has 1 aliphatic heterocycles. The van der Waals surface area contributed by atoms with Crippen LogP contribution >= 0.6 is 0 Å². The van der Waals surface area contributed by atoms with Crippen LogP contribution in [0.4, 0.5) is 5.69 Å². The van der Waals surface area contributed by atoms with Gasteiger partial charge in [-0.1, -0.05) is 0 Å². The maximum atomic E-state index is 11.0. The largest absolute Gasteiger partial charge is 0.490 e. The Hall–Kier alpha value is -3.32. The summed E-state index contributed by atoms with van der Waals surface area (Å²) in [5.74, 6) is 1.49. The fourth-order valence-corrected chi connectivity index (χ4v) is 3.86. The molecule has 3 aromatic rings. The molecular weight excluding hydrogens is 370 g/mol. The number of nitro groups is 1. The highest BCUT2D eigenvalue weighted by Gasteiger charge is 2.28. The fourth-order valence-electron chi connectivity index (χ4n) is 3.86. The van der Waals surface area contributed by atoms with E-state index >= 15 is 0 Å². The molecule has 150 valence electrons. The lowest BCUT2D eigenvalue weighted by molar-refractivity contribution is -0.702. The van der Waals surface area contributed by atoms with Crippen LogP contribution in [0.5, 0.6) is 11.5 Å². The molecule has 0 amide bonds. The van der Waals surface area contributed by atoms with Crippen molar-refractivity contribution in [2.75, 3.05) is 13.2 Å². The number of non-ortho nitro benzene ring substituents is 1. The van der Waals surface area contributed by atoms with Crippen LogP contribution in [0, 0.1) is 10.1 Å². The summed E-state index contributed by atoms with van der Waals surface area (Å²) in [4.78, 5) is 10.6. The molecule has 0 aliphatic carbocycles. The van der Waals surface area contributed by atoms with Crippen LogP contribution in [0.25, 0.3) is 5.69 Å². The minimum atomic E-state index is -0.371. The van der Waals surface area contributed by atoms with Crippen LogP contribution in [0.2, 0.25) is 0 Å². The third kappa shape index (κ3) is 3.56. The number of nitrogens with zero attached hydrogens (tertiary/aromatic N) is 2. The lowest BCUT2D eigenvalue weighted by atomic mass is 10.0. The quantitative estimate of drug-likeness (QED) is 0.513. The van der Waals surface area contributed by atoms with Crippen LogP contribution in [0.1, 0.15) is 36.7 Å². The Morgan fingerprint density at radius 2 is 1.79 bits per heavy atom. The second-order valence-corrected chi connectivity index (χ2v) is 6.86. The van der Waals surface area contributed by atoms with Crippen molar-refractivity contribution in [2.24, 2.45) is 0 Å². The van der Waals surface area contributed by atoms with E-state index in [0.717, 1.165) is 40.6 Å². The first-order chi connectivity index (χ1) is 14.1. The normalized spacial score (nSPS) is 15.2. The second kappa shape index (κ2) is 7.97. The number of rotatable bonds is 6. The summed E-state index contributed by atoms with van der Waals surface area (Å²) in [5, 5.41) is 13.2. The maximum absolute atomic E-state index is 11.0. The highest BCUT2D eigenvalue weighted by atomic mass is 16.6. The molecule has 2 N–H and O–H groups in total. The van der Waals surface area contributed by atoms with Crippen LogP contribution in [-0.2, 0) is 6.54 Å².